The number of methoxy groups -OCH3 is 1. The number of halogens is 1. The number of aromatic nitrogens is 2. The molecule has 2 N–H and O–H groups in total. The van der Waals surface area contributed by atoms with Crippen LogP contribution in [0.5, 0.6) is 0 Å². The molecule has 2 atom stereocenters. The Morgan fingerprint density at radius 2 is 2.04 bits per heavy atom. The first-order valence-corrected chi connectivity index (χ1v) is 9.38. The van der Waals surface area contributed by atoms with Crippen molar-refractivity contribution in [3.8, 4) is 0 Å². The van der Waals surface area contributed by atoms with Crippen LogP contribution in [0.15, 0.2) is 12.3 Å². The van der Waals surface area contributed by atoms with Gasteiger partial charge in [-0.05, 0) is 39.4 Å². The highest BCUT2D eigenvalue weighted by Crippen LogP contribution is 2.19. The predicted molar refractivity (Wildman–Crippen MR) is 104 cm³/mol. The van der Waals surface area contributed by atoms with E-state index in [2.05, 4.69) is 32.5 Å². The molecule has 2 aliphatic rings. The number of carbonyl (C=O) groups is 1. The molecule has 152 valence electrons. The number of hydrogen-bond donors (Lipinski definition) is 2. The third kappa shape index (κ3) is 6.67. The van der Waals surface area contributed by atoms with Gasteiger partial charge in [0.15, 0.2) is 0 Å². The molecule has 2 saturated heterocycles. The minimum atomic E-state index is -0.845. The smallest absolute Gasteiger partial charge is 0.227 e. The fourth-order valence-corrected chi connectivity index (χ4v) is 3.24. The average Bonchev–Trinajstić information content (AvgIpc) is 2.70. The third-order valence-corrected chi connectivity index (χ3v) is 5.03. The van der Waals surface area contributed by atoms with Crippen LogP contribution in [0.2, 0.25) is 0 Å². The number of anilines is 2. The number of ether oxygens (including phenoxy) is 1. The standard InChI is InChI=1S/C11H16FN5O.C7H15NO/c1-13-9-6-17(5-3-8(9)12)11-14-4-2-10(16-11)15-7-18;1-8-5-3-7(9-2)4-6-8/h2,4,7-9,13H,3,5-6H2,1H3,(H,14,15,16,18);7H,3-6H2,1-2H3. The Bertz CT molecular complexity index is 571. The molecule has 0 saturated carbocycles. The van der Waals surface area contributed by atoms with Crippen LogP contribution in [0.1, 0.15) is 19.3 Å². The molecule has 1 aromatic heterocycles. The van der Waals surface area contributed by atoms with Gasteiger partial charge in [0.25, 0.3) is 0 Å². The summed E-state index contributed by atoms with van der Waals surface area (Å²) in [6, 6.07) is 1.39. The van der Waals surface area contributed by atoms with Crippen LogP contribution in [-0.4, -0.2) is 87.0 Å². The van der Waals surface area contributed by atoms with E-state index in [9.17, 15) is 9.18 Å². The molecule has 9 heteroatoms. The first kappa shape index (κ1) is 21.5. The third-order valence-electron chi connectivity index (χ3n) is 5.03. The quantitative estimate of drug-likeness (QED) is 0.733. The Hall–Kier alpha value is -1.84. The van der Waals surface area contributed by atoms with Gasteiger partial charge in [-0.3, -0.25) is 4.79 Å². The molecule has 3 heterocycles. The van der Waals surface area contributed by atoms with Crippen molar-refractivity contribution in [2.75, 3.05) is 57.6 Å². The number of likely N-dealkylation sites (tertiary alicyclic amines) is 1. The van der Waals surface area contributed by atoms with E-state index in [1.165, 1.54) is 25.9 Å². The number of alkyl halides is 1. The van der Waals surface area contributed by atoms with Gasteiger partial charge >= 0.3 is 0 Å². The maximum atomic E-state index is 13.5. The first-order valence-electron chi connectivity index (χ1n) is 9.38. The number of carbonyl (C=O) groups excluding carboxylic acids is 1. The van der Waals surface area contributed by atoms with E-state index in [-0.39, 0.29) is 6.04 Å². The van der Waals surface area contributed by atoms with Crippen LogP contribution in [-0.2, 0) is 9.53 Å². The molecule has 3 rings (SSSR count). The number of amides is 1. The Morgan fingerprint density at radius 3 is 2.67 bits per heavy atom. The molecule has 27 heavy (non-hydrogen) atoms. The zero-order chi connectivity index (χ0) is 19.6. The second-order valence-electron chi connectivity index (χ2n) is 6.89. The van der Waals surface area contributed by atoms with Crippen molar-refractivity contribution in [2.24, 2.45) is 0 Å². The summed E-state index contributed by atoms with van der Waals surface area (Å²) in [4.78, 5) is 23.0. The lowest BCUT2D eigenvalue weighted by atomic mass is 10.0. The van der Waals surface area contributed by atoms with Gasteiger partial charge in [0.1, 0.15) is 12.0 Å². The SMILES string of the molecule is CNC1CN(c2nccc(NC=O)n2)CCC1F.COC1CCN(C)CC1. The number of hydrogen-bond acceptors (Lipinski definition) is 7. The molecule has 8 nitrogen and oxygen atoms in total. The molecular weight excluding hydrogens is 351 g/mol. The number of nitrogens with one attached hydrogen (secondary N) is 2. The monoisotopic (exact) mass is 382 g/mol. The summed E-state index contributed by atoms with van der Waals surface area (Å²) in [5.74, 6) is 0.951. The highest BCUT2D eigenvalue weighted by atomic mass is 19.1. The molecule has 0 bridgehead atoms. The second-order valence-corrected chi connectivity index (χ2v) is 6.89. The fourth-order valence-electron chi connectivity index (χ4n) is 3.24. The van der Waals surface area contributed by atoms with E-state index in [0.29, 0.717) is 43.8 Å². The lowest BCUT2D eigenvalue weighted by molar-refractivity contribution is -0.105. The van der Waals surface area contributed by atoms with Crippen LogP contribution in [0.3, 0.4) is 0 Å². The molecule has 0 aromatic carbocycles. The van der Waals surface area contributed by atoms with Gasteiger partial charge in [0.05, 0.1) is 12.1 Å². The van der Waals surface area contributed by atoms with Gasteiger partial charge < -0.3 is 25.2 Å². The Balaban J connectivity index is 0.000000244. The Kier molecular flexibility index (Phi) is 8.83. The lowest BCUT2D eigenvalue weighted by Crippen LogP contribution is -2.51. The van der Waals surface area contributed by atoms with Gasteiger partial charge in [-0.15, -0.1) is 0 Å². The Morgan fingerprint density at radius 1 is 1.30 bits per heavy atom. The summed E-state index contributed by atoms with van der Waals surface area (Å²) in [6.07, 6.45) is 4.67. The van der Waals surface area contributed by atoms with E-state index in [4.69, 9.17) is 4.74 Å². The number of rotatable bonds is 5. The van der Waals surface area contributed by atoms with Gasteiger partial charge in [0, 0.05) is 39.5 Å². The molecular formula is C18H31FN6O2. The summed E-state index contributed by atoms with van der Waals surface area (Å²) in [5, 5.41) is 5.42. The van der Waals surface area contributed by atoms with Crippen LogP contribution in [0, 0.1) is 0 Å². The van der Waals surface area contributed by atoms with E-state index < -0.39 is 6.17 Å². The first-order chi connectivity index (χ1) is 13.1. The van der Waals surface area contributed by atoms with Gasteiger partial charge in [-0.1, -0.05) is 0 Å². The minimum absolute atomic E-state index is 0.218. The molecule has 2 aliphatic heterocycles. The molecule has 0 aliphatic carbocycles. The maximum absolute atomic E-state index is 13.5. The summed E-state index contributed by atoms with van der Waals surface area (Å²) in [6.45, 7) is 3.48. The van der Waals surface area contributed by atoms with Crippen LogP contribution in [0.4, 0.5) is 16.2 Å². The normalized spacial score (nSPS) is 24.1. The van der Waals surface area contributed by atoms with Gasteiger partial charge in [-0.2, -0.15) is 4.98 Å². The van der Waals surface area contributed by atoms with Crippen molar-refractivity contribution in [3.05, 3.63) is 12.3 Å². The zero-order valence-electron chi connectivity index (χ0n) is 16.4. The van der Waals surface area contributed by atoms with E-state index >= 15 is 0 Å². The molecule has 2 fully saturated rings. The number of likely N-dealkylation sites (N-methyl/N-ethyl adjacent to an activating group) is 1. The van der Waals surface area contributed by atoms with Crippen molar-refractivity contribution in [1.82, 2.24) is 20.2 Å². The summed E-state index contributed by atoms with van der Waals surface area (Å²) >= 11 is 0. The maximum Gasteiger partial charge on any atom is 0.227 e. The van der Waals surface area contributed by atoms with Crippen LogP contribution in [0.25, 0.3) is 0 Å². The van der Waals surface area contributed by atoms with Crippen LogP contribution < -0.4 is 15.5 Å². The van der Waals surface area contributed by atoms with Gasteiger partial charge in [-0.25, -0.2) is 9.37 Å². The van der Waals surface area contributed by atoms with Crippen LogP contribution >= 0.6 is 0 Å². The lowest BCUT2D eigenvalue weighted by Gasteiger charge is -2.34. The van der Waals surface area contributed by atoms with Crippen molar-refractivity contribution in [3.63, 3.8) is 0 Å². The number of nitrogens with zero attached hydrogens (tertiary/aromatic N) is 4. The molecule has 2 unspecified atom stereocenters. The highest BCUT2D eigenvalue weighted by Gasteiger charge is 2.29. The van der Waals surface area contributed by atoms with Crippen molar-refractivity contribution < 1.29 is 13.9 Å². The summed E-state index contributed by atoms with van der Waals surface area (Å²) < 4.78 is 18.8. The summed E-state index contributed by atoms with van der Waals surface area (Å²) in [5.41, 5.74) is 0. The van der Waals surface area contributed by atoms with E-state index in [1.54, 1.807) is 26.4 Å². The van der Waals surface area contributed by atoms with Crippen molar-refractivity contribution in [1.29, 1.82) is 0 Å². The predicted octanol–water partition coefficient (Wildman–Crippen LogP) is 0.908. The van der Waals surface area contributed by atoms with E-state index in [1.807, 2.05) is 4.90 Å². The summed E-state index contributed by atoms with van der Waals surface area (Å²) in [7, 11) is 5.70. The molecule has 0 radical (unpaired) electrons. The van der Waals surface area contributed by atoms with E-state index in [0.717, 1.165) is 0 Å². The fraction of sp³-hybridized carbons (Fsp3) is 0.722. The minimum Gasteiger partial charge on any atom is -0.381 e. The molecule has 1 amide bonds. The average molecular weight is 382 g/mol. The largest absolute Gasteiger partial charge is 0.381 e. The highest BCUT2D eigenvalue weighted by molar-refractivity contribution is 5.68. The zero-order valence-corrected chi connectivity index (χ0v) is 16.4. The topological polar surface area (TPSA) is 82.6 Å². The Labute approximate surface area is 160 Å². The molecule has 0 spiro atoms. The van der Waals surface area contributed by atoms with Crippen molar-refractivity contribution in [2.45, 2.75) is 37.6 Å². The van der Waals surface area contributed by atoms with Gasteiger partial charge in [0.2, 0.25) is 12.4 Å². The second kappa shape index (κ2) is 11.1. The van der Waals surface area contributed by atoms with Crippen molar-refractivity contribution >= 4 is 18.2 Å². The number of piperidine rings is 2. The molecule has 1 aromatic rings.